The molecule has 0 bridgehead atoms. The van der Waals surface area contributed by atoms with Crippen molar-refractivity contribution in [3.05, 3.63) is 59.6 Å². The van der Waals surface area contributed by atoms with Gasteiger partial charge in [-0.2, -0.15) is 0 Å². The van der Waals surface area contributed by atoms with Crippen molar-refractivity contribution in [3.63, 3.8) is 0 Å². The van der Waals surface area contributed by atoms with E-state index in [-0.39, 0.29) is 0 Å². The van der Waals surface area contributed by atoms with Crippen molar-refractivity contribution in [1.29, 1.82) is 0 Å². The minimum atomic E-state index is -0.723. The van der Waals surface area contributed by atoms with Gasteiger partial charge in [-0.25, -0.2) is 0 Å². The first-order chi connectivity index (χ1) is 12.0. The summed E-state index contributed by atoms with van der Waals surface area (Å²) in [5.74, 6) is 2.09. The van der Waals surface area contributed by atoms with Crippen molar-refractivity contribution in [3.8, 4) is 11.5 Å². The average Bonchev–Trinajstić information content (AvgIpc) is 2.66. The van der Waals surface area contributed by atoms with Crippen LogP contribution in [-0.4, -0.2) is 35.5 Å². The molecule has 1 rings (SSSR count). The maximum absolute atomic E-state index is 5.88. The minimum Gasteiger partial charge on any atom is -0.504 e. The Kier molecular flexibility index (Phi) is 8.08. The molecule has 0 aliphatic rings. The summed E-state index contributed by atoms with van der Waals surface area (Å²) in [4.78, 5) is 0. The highest BCUT2D eigenvalue weighted by Gasteiger charge is 2.30. The molecule has 1 aromatic carbocycles. The summed E-state index contributed by atoms with van der Waals surface area (Å²) in [5, 5.41) is 0. The Hall–Kier alpha value is -2.40. The molecule has 5 heteroatoms. The van der Waals surface area contributed by atoms with Gasteiger partial charge in [0.25, 0.3) is 0 Å². The van der Waals surface area contributed by atoms with E-state index >= 15 is 0 Å². The maximum Gasteiger partial charge on any atom is 0.161 e. The Balaban J connectivity index is 3.47. The van der Waals surface area contributed by atoms with Crippen LogP contribution in [-0.2, 0) is 19.8 Å². The van der Waals surface area contributed by atoms with Crippen LogP contribution in [0.15, 0.2) is 54.0 Å². The third-order valence-corrected chi connectivity index (χ3v) is 4.10. The van der Waals surface area contributed by atoms with E-state index in [0.29, 0.717) is 11.5 Å². The lowest BCUT2D eigenvalue weighted by atomic mass is 9.86. The fourth-order valence-electron chi connectivity index (χ4n) is 2.33. The van der Waals surface area contributed by atoms with Crippen molar-refractivity contribution < 1.29 is 23.7 Å². The quantitative estimate of drug-likeness (QED) is 0.494. The lowest BCUT2D eigenvalue weighted by molar-refractivity contribution is 0.0380. The van der Waals surface area contributed by atoms with E-state index in [1.165, 1.54) is 0 Å². The lowest BCUT2D eigenvalue weighted by Gasteiger charge is -2.30. The van der Waals surface area contributed by atoms with Crippen LogP contribution >= 0.6 is 0 Å². The third kappa shape index (κ3) is 5.03. The standard InChI is InChI=1S/C20H28O5/c1-15(22-4)8-9-16(12-13-21-3)20(2,25-7)17-10-11-18(23-5)19(14-17)24-6/h8-14H,1-7H3/b13-12+,15-8+,16-9+. The first-order valence-electron chi connectivity index (χ1n) is 7.86. The fourth-order valence-corrected chi connectivity index (χ4v) is 2.33. The van der Waals surface area contributed by atoms with E-state index in [9.17, 15) is 0 Å². The molecule has 0 saturated heterocycles. The first kappa shape index (κ1) is 20.6. The predicted molar refractivity (Wildman–Crippen MR) is 98.9 cm³/mol. The minimum absolute atomic E-state index is 0.641. The lowest BCUT2D eigenvalue weighted by Crippen LogP contribution is -2.26. The summed E-state index contributed by atoms with van der Waals surface area (Å²) in [7, 11) is 8.12. The second-order valence-corrected chi connectivity index (χ2v) is 5.45. The van der Waals surface area contributed by atoms with Gasteiger partial charge < -0.3 is 23.7 Å². The molecule has 0 radical (unpaired) electrons. The van der Waals surface area contributed by atoms with Gasteiger partial charge in [-0.1, -0.05) is 12.1 Å². The van der Waals surface area contributed by atoms with E-state index in [2.05, 4.69) is 0 Å². The van der Waals surface area contributed by atoms with Crippen LogP contribution in [0.4, 0.5) is 0 Å². The van der Waals surface area contributed by atoms with Gasteiger partial charge in [0.05, 0.1) is 40.5 Å². The number of hydrogen-bond donors (Lipinski definition) is 0. The monoisotopic (exact) mass is 348 g/mol. The van der Waals surface area contributed by atoms with E-state index in [0.717, 1.165) is 16.9 Å². The predicted octanol–water partition coefficient (Wildman–Crippen LogP) is 4.20. The van der Waals surface area contributed by atoms with Gasteiger partial charge in [0.2, 0.25) is 0 Å². The van der Waals surface area contributed by atoms with Gasteiger partial charge in [-0.05, 0) is 49.3 Å². The number of allylic oxidation sites excluding steroid dienone is 3. The molecule has 0 aliphatic heterocycles. The molecule has 0 heterocycles. The maximum atomic E-state index is 5.88. The Bertz CT molecular complexity index is 645. The average molecular weight is 348 g/mol. The number of benzene rings is 1. The molecular weight excluding hydrogens is 320 g/mol. The largest absolute Gasteiger partial charge is 0.504 e. The zero-order valence-corrected chi connectivity index (χ0v) is 16.1. The third-order valence-electron chi connectivity index (χ3n) is 4.10. The second-order valence-electron chi connectivity index (χ2n) is 5.45. The van der Waals surface area contributed by atoms with E-state index in [1.54, 1.807) is 41.8 Å². The van der Waals surface area contributed by atoms with Crippen LogP contribution in [0.25, 0.3) is 0 Å². The van der Waals surface area contributed by atoms with Crippen molar-refractivity contribution in [2.75, 3.05) is 35.5 Å². The molecular formula is C20H28O5. The zero-order chi connectivity index (χ0) is 18.9. The molecule has 25 heavy (non-hydrogen) atoms. The van der Waals surface area contributed by atoms with Gasteiger partial charge >= 0.3 is 0 Å². The summed E-state index contributed by atoms with van der Waals surface area (Å²) in [6, 6.07) is 5.72. The molecule has 0 amide bonds. The molecule has 1 unspecified atom stereocenters. The Labute approximate surface area is 150 Å². The van der Waals surface area contributed by atoms with Crippen LogP contribution in [0.5, 0.6) is 11.5 Å². The van der Waals surface area contributed by atoms with Crippen LogP contribution in [0.2, 0.25) is 0 Å². The van der Waals surface area contributed by atoms with Gasteiger partial charge in [0.1, 0.15) is 5.60 Å². The fraction of sp³-hybridized carbons (Fsp3) is 0.400. The van der Waals surface area contributed by atoms with E-state index < -0.39 is 5.60 Å². The number of ether oxygens (including phenoxy) is 5. The van der Waals surface area contributed by atoms with E-state index in [1.807, 2.05) is 50.3 Å². The van der Waals surface area contributed by atoms with Gasteiger partial charge in [0.15, 0.2) is 11.5 Å². The molecule has 1 atom stereocenters. The van der Waals surface area contributed by atoms with Crippen molar-refractivity contribution in [2.24, 2.45) is 0 Å². The number of methoxy groups -OCH3 is 5. The molecule has 0 aromatic heterocycles. The first-order valence-corrected chi connectivity index (χ1v) is 7.86. The molecule has 0 spiro atoms. The Morgan fingerprint density at radius 3 is 2.16 bits per heavy atom. The number of hydrogen-bond acceptors (Lipinski definition) is 5. The van der Waals surface area contributed by atoms with Crippen molar-refractivity contribution in [1.82, 2.24) is 0 Å². The molecule has 5 nitrogen and oxygen atoms in total. The van der Waals surface area contributed by atoms with Crippen LogP contribution in [0.3, 0.4) is 0 Å². The zero-order valence-electron chi connectivity index (χ0n) is 16.1. The smallest absolute Gasteiger partial charge is 0.161 e. The summed E-state index contributed by atoms with van der Waals surface area (Å²) >= 11 is 0. The Morgan fingerprint density at radius 1 is 0.960 bits per heavy atom. The molecule has 0 fully saturated rings. The molecule has 138 valence electrons. The van der Waals surface area contributed by atoms with Gasteiger partial charge in [-0.15, -0.1) is 0 Å². The number of rotatable bonds is 9. The molecule has 0 N–H and O–H groups in total. The van der Waals surface area contributed by atoms with Gasteiger partial charge in [0, 0.05) is 7.11 Å². The van der Waals surface area contributed by atoms with Crippen LogP contribution < -0.4 is 9.47 Å². The molecule has 1 aromatic rings. The molecule has 0 aliphatic carbocycles. The van der Waals surface area contributed by atoms with Crippen LogP contribution in [0, 0.1) is 0 Å². The van der Waals surface area contributed by atoms with Crippen LogP contribution in [0.1, 0.15) is 19.4 Å². The molecule has 0 saturated carbocycles. The highest BCUT2D eigenvalue weighted by molar-refractivity contribution is 5.48. The summed E-state index contributed by atoms with van der Waals surface area (Å²) < 4.78 is 26.9. The highest BCUT2D eigenvalue weighted by Crippen LogP contribution is 2.38. The van der Waals surface area contributed by atoms with Crippen molar-refractivity contribution >= 4 is 0 Å². The summed E-state index contributed by atoms with van der Waals surface area (Å²) in [6.07, 6.45) is 7.29. The highest BCUT2D eigenvalue weighted by atomic mass is 16.5. The van der Waals surface area contributed by atoms with Crippen molar-refractivity contribution in [2.45, 2.75) is 19.4 Å². The topological polar surface area (TPSA) is 46.2 Å². The normalized spacial score (nSPS) is 15.0. The Morgan fingerprint density at radius 2 is 1.64 bits per heavy atom. The SMILES string of the molecule is CO/C=C/C(=C\C=C(/C)OC)C(C)(OC)c1ccc(OC)c(OC)c1. The van der Waals surface area contributed by atoms with E-state index in [4.69, 9.17) is 23.7 Å². The van der Waals surface area contributed by atoms with Gasteiger partial charge in [-0.3, -0.25) is 0 Å². The second kappa shape index (κ2) is 9.79. The summed E-state index contributed by atoms with van der Waals surface area (Å²) in [6.45, 7) is 3.87. The summed E-state index contributed by atoms with van der Waals surface area (Å²) in [5.41, 5.74) is 1.09.